The minimum Gasteiger partial charge on any atom is -0.494 e. The van der Waals surface area contributed by atoms with Crippen LogP contribution in [0.2, 0.25) is 0 Å². The average Bonchev–Trinajstić information content (AvgIpc) is 2.37. The van der Waals surface area contributed by atoms with Crippen molar-refractivity contribution >= 4 is 17.2 Å². The Morgan fingerprint density at radius 2 is 2.05 bits per heavy atom. The maximum Gasteiger partial charge on any atom is 0.273 e. The van der Waals surface area contributed by atoms with Gasteiger partial charge in [0.25, 0.3) is 5.69 Å². The highest BCUT2D eigenvalue weighted by Gasteiger charge is 2.18. The van der Waals surface area contributed by atoms with Crippen LogP contribution in [-0.4, -0.2) is 17.8 Å². The number of allylic oxidation sites excluding steroid dienone is 1. The van der Waals surface area contributed by atoms with Crippen molar-refractivity contribution in [2.24, 2.45) is 5.41 Å². The van der Waals surface area contributed by atoms with Crippen LogP contribution < -0.4 is 10.1 Å². The molecule has 0 heterocycles. The maximum absolute atomic E-state index is 11.7. The molecule has 0 aliphatic heterocycles. The van der Waals surface area contributed by atoms with Crippen molar-refractivity contribution in [2.45, 2.75) is 20.8 Å². The summed E-state index contributed by atoms with van der Waals surface area (Å²) in [6.45, 7) is 5.48. The zero-order valence-electron chi connectivity index (χ0n) is 12.0. The van der Waals surface area contributed by atoms with Crippen LogP contribution in [0.3, 0.4) is 0 Å². The molecule has 1 N–H and O–H groups in total. The monoisotopic (exact) mass is 278 g/mol. The van der Waals surface area contributed by atoms with Crippen molar-refractivity contribution in [3.63, 3.8) is 0 Å². The number of anilines is 1. The number of carbonyl (C=O) groups is 1. The van der Waals surface area contributed by atoms with Crippen molar-refractivity contribution in [1.82, 2.24) is 0 Å². The Balaban J connectivity index is 2.86. The summed E-state index contributed by atoms with van der Waals surface area (Å²) >= 11 is 0. The summed E-state index contributed by atoms with van der Waals surface area (Å²) < 4.78 is 5.08. The van der Waals surface area contributed by atoms with Crippen molar-refractivity contribution in [2.75, 3.05) is 12.4 Å². The van der Waals surface area contributed by atoms with Crippen LogP contribution in [0, 0.1) is 15.5 Å². The number of nitrogens with zero attached hydrogens (tertiary/aromatic N) is 1. The molecule has 0 radical (unpaired) electrons. The molecule has 6 nitrogen and oxygen atoms in total. The summed E-state index contributed by atoms with van der Waals surface area (Å²) in [5.41, 5.74) is 0.0517. The summed E-state index contributed by atoms with van der Waals surface area (Å²) in [4.78, 5) is 21.9. The molecule has 1 aromatic carbocycles. The van der Waals surface area contributed by atoms with Gasteiger partial charge in [0.05, 0.1) is 23.8 Å². The lowest BCUT2D eigenvalue weighted by Crippen LogP contribution is -2.17. The van der Waals surface area contributed by atoms with Crippen molar-refractivity contribution in [3.05, 3.63) is 40.6 Å². The van der Waals surface area contributed by atoms with E-state index in [9.17, 15) is 14.9 Å². The number of benzene rings is 1. The van der Waals surface area contributed by atoms with Crippen LogP contribution in [0.15, 0.2) is 30.5 Å². The van der Waals surface area contributed by atoms with Gasteiger partial charge in [-0.3, -0.25) is 14.9 Å². The highest BCUT2D eigenvalue weighted by atomic mass is 16.6. The van der Waals surface area contributed by atoms with Gasteiger partial charge >= 0.3 is 0 Å². The predicted octanol–water partition coefficient (Wildman–Crippen LogP) is 3.14. The predicted molar refractivity (Wildman–Crippen MR) is 76.9 cm³/mol. The minimum atomic E-state index is -0.495. The van der Waals surface area contributed by atoms with E-state index < -0.39 is 10.3 Å². The fraction of sp³-hybridized carbons (Fsp3) is 0.357. The van der Waals surface area contributed by atoms with Crippen molar-refractivity contribution in [1.29, 1.82) is 0 Å². The molecule has 20 heavy (non-hydrogen) atoms. The van der Waals surface area contributed by atoms with E-state index in [0.29, 0.717) is 11.4 Å². The van der Waals surface area contributed by atoms with Gasteiger partial charge < -0.3 is 10.1 Å². The standard InChI is InChI=1S/C14H18N2O4/c1-14(2,3)13(17)7-8-15-11-6-5-10(16(18)19)9-12(11)20-4/h5-9,15H,1-4H3. The van der Waals surface area contributed by atoms with Gasteiger partial charge in [0.2, 0.25) is 0 Å². The molecule has 1 aromatic rings. The molecular formula is C14H18N2O4. The molecule has 0 saturated carbocycles. The number of nitro benzene ring substituents is 1. The fourth-order valence-corrected chi connectivity index (χ4v) is 1.37. The fourth-order valence-electron chi connectivity index (χ4n) is 1.37. The average molecular weight is 278 g/mol. The van der Waals surface area contributed by atoms with E-state index in [1.807, 2.05) is 20.8 Å². The van der Waals surface area contributed by atoms with Gasteiger partial charge in [-0.15, -0.1) is 0 Å². The third-order valence-electron chi connectivity index (χ3n) is 2.61. The molecule has 0 aromatic heterocycles. The number of hydrogen-bond donors (Lipinski definition) is 1. The van der Waals surface area contributed by atoms with Crippen LogP contribution in [0.25, 0.3) is 0 Å². The Labute approximate surface area is 117 Å². The van der Waals surface area contributed by atoms with Crippen molar-refractivity contribution < 1.29 is 14.5 Å². The van der Waals surface area contributed by atoms with Crippen LogP contribution in [0.1, 0.15) is 20.8 Å². The third-order valence-corrected chi connectivity index (χ3v) is 2.61. The number of nitro groups is 1. The number of non-ortho nitro benzene ring substituents is 1. The third kappa shape index (κ3) is 4.08. The first kappa shape index (κ1) is 15.7. The van der Waals surface area contributed by atoms with E-state index in [4.69, 9.17) is 4.74 Å². The molecule has 0 unspecified atom stereocenters. The number of hydrogen-bond acceptors (Lipinski definition) is 5. The number of methoxy groups -OCH3 is 1. The molecule has 0 fully saturated rings. The van der Waals surface area contributed by atoms with Crippen LogP contribution >= 0.6 is 0 Å². The normalized spacial score (nSPS) is 11.4. The van der Waals surface area contributed by atoms with Crippen molar-refractivity contribution in [3.8, 4) is 5.75 Å². The molecule has 0 amide bonds. The molecule has 0 aliphatic carbocycles. The Hall–Kier alpha value is -2.37. The summed E-state index contributed by atoms with van der Waals surface area (Å²) in [5.74, 6) is 0.318. The SMILES string of the molecule is COc1cc([N+](=O)[O-])ccc1NC=CC(=O)C(C)(C)C. The summed E-state index contributed by atoms with van der Waals surface area (Å²) in [5, 5.41) is 13.5. The van der Waals surface area contributed by atoms with Gasteiger partial charge in [0.1, 0.15) is 5.75 Å². The quantitative estimate of drug-likeness (QED) is 0.508. The second-order valence-electron chi connectivity index (χ2n) is 5.23. The number of rotatable bonds is 5. The molecule has 0 saturated heterocycles. The first-order chi connectivity index (χ1) is 9.25. The van der Waals surface area contributed by atoms with Gasteiger partial charge in [-0.25, -0.2) is 0 Å². The van der Waals surface area contributed by atoms with E-state index in [1.165, 1.54) is 37.6 Å². The van der Waals surface area contributed by atoms with E-state index in [2.05, 4.69) is 5.32 Å². The van der Waals surface area contributed by atoms with E-state index >= 15 is 0 Å². The molecular weight excluding hydrogens is 260 g/mol. The Kier molecular flexibility index (Phi) is 4.85. The van der Waals surface area contributed by atoms with Crippen LogP contribution in [-0.2, 0) is 4.79 Å². The van der Waals surface area contributed by atoms with E-state index in [-0.39, 0.29) is 11.5 Å². The number of ketones is 1. The Bertz CT molecular complexity index is 545. The lowest BCUT2D eigenvalue weighted by Gasteiger charge is -2.13. The lowest BCUT2D eigenvalue weighted by molar-refractivity contribution is -0.384. The Morgan fingerprint density at radius 1 is 1.40 bits per heavy atom. The summed E-state index contributed by atoms with van der Waals surface area (Å²) in [7, 11) is 1.42. The van der Waals surface area contributed by atoms with Gasteiger partial charge in [-0.05, 0) is 12.1 Å². The van der Waals surface area contributed by atoms with Crippen LogP contribution in [0.4, 0.5) is 11.4 Å². The zero-order chi connectivity index (χ0) is 15.3. The topological polar surface area (TPSA) is 81.5 Å². The van der Waals surface area contributed by atoms with Gasteiger partial charge in [0.15, 0.2) is 5.78 Å². The van der Waals surface area contributed by atoms with Gasteiger partial charge in [0, 0.05) is 17.7 Å². The molecule has 1 rings (SSSR count). The zero-order valence-corrected chi connectivity index (χ0v) is 12.0. The second-order valence-corrected chi connectivity index (χ2v) is 5.23. The smallest absolute Gasteiger partial charge is 0.273 e. The Morgan fingerprint density at radius 3 is 2.55 bits per heavy atom. The maximum atomic E-state index is 11.7. The highest BCUT2D eigenvalue weighted by Crippen LogP contribution is 2.29. The first-order valence-corrected chi connectivity index (χ1v) is 6.05. The van der Waals surface area contributed by atoms with E-state index in [1.54, 1.807) is 0 Å². The number of carbonyl (C=O) groups excluding carboxylic acids is 1. The molecule has 0 atom stereocenters. The minimum absolute atomic E-state index is 0.0223. The molecule has 0 spiro atoms. The second kappa shape index (κ2) is 6.18. The number of ether oxygens (including phenoxy) is 1. The summed E-state index contributed by atoms with van der Waals surface area (Å²) in [6.07, 6.45) is 2.93. The van der Waals surface area contributed by atoms with Crippen LogP contribution in [0.5, 0.6) is 5.75 Å². The molecule has 0 bridgehead atoms. The lowest BCUT2D eigenvalue weighted by atomic mass is 9.91. The molecule has 6 heteroatoms. The first-order valence-electron chi connectivity index (χ1n) is 6.05. The summed E-state index contributed by atoms with van der Waals surface area (Å²) in [6, 6.07) is 4.22. The van der Waals surface area contributed by atoms with Gasteiger partial charge in [-0.2, -0.15) is 0 Å². The molecule has 108 valence electrons. The van der Waals surface area contributed by atoms with Gasteiger partial charge in [-0.1, -0.05) is 20.8 Å². The number of nitrogens with one attached hydrogen (secondary N) is 1. The molecule has 0 aliphatic rings. The largest absolute Gasteiger partial charge is 0.494 e. The van der Waals surface area contributed by atoms with E-state index in [0.717, 1.165) is 0 Å². The highest BCUT2D eigenvalue weighted by molar-refractivity contribution is 5.94.